The quantitative estimate of drug-likeness (QED) is 0.463. The molecule has 1 amide bonds. The molecular weight excluding hydrogens is 156 g/mol. The number of carbonyl (C=O) groups excluding carboxylic acids is 2. The summed E-state index contributed by atoms with van der Waals surface area (Å²) in [6, 6.07) is 0.0995. The van der Waals surface area contributed by atoms with Crippen molar-refractivity contribution < 1.29 is 9.59 Å². The first-order chi connectivity index (χ1) is 5.66. The first kappa shape index (κ1) is 10.8. The van der Waals surface area contributed by atoms with Gasteiger partial charge in [0.05, 0.1) is 6.04 Å². The van der Waals surface area contributed by atoms with Crippen LogP contribution in [0.5, 0.6) is 0 Å². The fraction of sp³-hybridized carbons (Fsp3) is 0.750. The minimum absolute atomic E-state index is 0.0995. The lowest BCUT2D eigenvalue weighted by molar-refractivity contribution is -0.119. The largest absolute Gasteiger partial charge is 0.356 e. The van der Waals surface area contributed by atoms with Crippen LogP contribution in [0.3, 0.4) is 0 Å². The van der Waals surface area contributed by atoms with Gasteiger partial charge in [-0.15, -0.1) is 0 Å². The zero-order valence-corrected chi connectivity index (χ0v) is 7.46. The summed E-state index contributed by atoms with van der Waals surface area (Å²) in [4.78, 5) is 22.8. The molecule has 0 unspecified atom stereocenters. The van der Waals surface area contributed by atoms with E-state index < -0.39 is 0 Å². The number of hydrogen-bond acceptors (Lipinski definition) is 3. The summed E-state index contributed by atoms with van der Waals surface area (Å²) < 4.78 is 0. The highest BCUT2D eigenvalue weighted by Crippen LogP contribution is 1.93. The molecule has 0 aliphatic carbocycles. The van der Waals surface area contributed by atoms with E-state index >= 15 is 0 Å². The second-order valence-electron chi connectivity index (χ2n) is 2.77. The van der Waals surface area contributed by atoms with Crippen molar-refractivity contribution in [2.24, 2.45) is 4.99 Å². The van der Waals surface area contributed by atoms with E-state index in [0.29, 0.717) is 0 Å². The minimum Gasteiger partial charge on any atom is -0.356 e. The van der Waals surface area contributed by atoms with E-state index in [1.165, 1.54) is 6.08 Å². The molecule has 12 heavy (non-hydrogen) atoms. The van der Waals surface area contributed by atoms with Crippen LogP contribution in [0.4, 0.5) is 0 Å². The van der Waals surface area contributed by atoms with Gasteiger partial charge in [-0.3, -0.25) is 4.79 Å². The number of nitrogens with zero attached hydrogens (tertiary/aromatic N) is 1. The molecule has 1 aliphatic rings. The monoisotopic (exact) mass is 170 g/mol. The summed E-state index contributed by atoms with van der Waals surface area (Å²) in [5.41, 5.74) is 0. The van der Waals surface area contributed by atoms with Gasteiger partial charge < -0.3 is 5.32 Å². The van der Waals surface area contributed by atoms with E-state index in [1.54, 1.807) is 0 Å². The smallest absolute Gasteiger partial charge is 0.235 e. The van der Waals surface area contributed by atoms with Crippen molar-refractivity contribution >= 4 is 12.0 Å². The molecule has 68 valence electrons. The van der Waals surface area contributed by atoms with Crippen LogP contribution in [0.2, 0.25) is 0 Å². The van der Waals surface area contributed by atoms with E-state index in [4.69, 9.17) is 0 Å². The Morgan fingerprint density at radius 2 is 2.25 bits per heavy atom. The fourth-order valence-corrected chi connectivity index (χ4v) is 0.671. The summed E-state index contributed by atoms with van der Waals surface area (Å²) in [7, 11) is 0. The maximum Gasteiger partial charge on any atom is 0.235 e. The average molecular weight is 170 g/mol. The van der Waals surface area contributed by atoms with Gasteiger partial charge in [-0.2, -0.15) is 0 Å². The Kier molecular flexibility index (Phi) is 5.93. The topological polar surface area (TPSA) is 58.5 Å². The van der Waals surface area contributed by atoms with Crippen molar-refractivity contribution in [1.82, 2.24) is 5.32 Å². The lowest BCUT2D eigenvalue weighted by Gasteiger charge is -1.82. The number of isocyanates is 1. The Balaban J connectivity index is 0.000000202. The zero-order chi connectivity index (χ0) is 9.40. The summed E-state index contributed by atoms with van der Waals surface area (Å²) in [6.45, 7) is 4.54. The van der Waals surface area contributed by atoms with Crippen LogP contribution in [-0.2, 0) is 9.59 Å². The Labute approximate surface area is 72.1 Å². The van der Waals surface area contributed by atoms with Gasteiger partial charge in [-0.25, -0.2) is 9.79 Å². The highest BCUT2D eigenvalue weighted by molar-refractivity contribution is 5.77. The first-order valence-corrected chi connectivity index (χ1v) is 4.00. The molecule has 0 aromatic rings. The molecule has 1 heterocycles. The Bertz CT molecular complexity index is 175. The van der Waals surface area contributed by atoms with Crippen molar-refractivity contribution in [1.29, 1.82) is 0 Å². The van der Waals surface area contributed by atoms with Crippen molar-refractivity contribution in [3.8, 4) is 0 Å². The third kappa shape index (κ3) is 6.96. The van der Waals surface area contributed by atoms with E-state index in [-0.39, 0.29) is 11.9 Å². The number of rotatable bonds is 1. The summed E-state index contributed by atoms with van der Waals surface area (Å²) >= 11 is 0. The summed E-state index contributed by atoms with van der Waals surface area (Å²) in [5, 5.41) is 2.68. The maximum atomic E-state index is 10.1. The predicted molar refractivity (Wildman–Crippen MR) is 45.5 cm³/mol. The summed E-state index contributed by atoms with van der Waals surface area (Å²) in [6.07, 6.45) is 3.20. The van der Waals surface area contributed by atoms with Crippen LogP contribution in [0.15, 0.2) is 4.99 Å². The molecule has 1 fully saturated rings. The molecule has 0 atom stereocenters. The molecule has 0 radical (unpaired) electrons. The SMILES string of the molecule is CC(C)N=C=O.O=C1CCCN1. The van der Waals surface area contributed by atoms with Crippen molar-refractivity contribution in [3.63, 3.8) is 0 Å². The number of hydrogen-bond donors (Lipinski definition) is 1. The average Bonchev–Trinajstić information content (AvgIpc) is 2.40. The third-order valence-corrected chi connectivity index (χ3v) is 1.21. The zero-order valence-electron chi connectivity index (χ0n) is 7.46. The highest BCUT2D eigenvalue weighted by Gasteiger charge is 2.05. The Morgan fingerprint density at radius 1 is 1.58 bits per heavy atom. The molecule has 4 nitrogen and oxygen atoms in total. The van der Waals surface area contributed by atoms with Gasteiger partial charge in [-0.05, 0) is 20.3 Å². The van der Waals surface area contributed by atoms with Crippen LogP contribution in [-0.4, -0.2) is 24.6 Å². The van der Waals surface area contributed by atoms with Crippen LogP contribution >= 0.6 is 0 Å². The van der Waals surface area contributed by atoms with Gasteiger partial charge in [0.25, 0.3) is 0 Å². The van der Waals surface area contributed by atoms with Crippen LogP contribution in [0, 0.1) is 0 Å². The minimum atomic E-state index is 0.0995. The van der Waals surface area contributed by atoms with Gasteiger partial charge in [-0.1, -0.05) is 0 Å². The molecule has 1 aliphatic heterocycles. The number of amides is 1. The van der Waals surface area contributed by atoms with Crippen molar-refractivity contribution in [3.05, 3.63) is 0 Å². The number of carbonyl (C=O) groups is 1. The first-order valence-electron chi connectivity index (χ1n) is 4.00. The molecule has 0 saturated carbocycles. The Hall–Kier alpha value is -1.15. The van der Waals surface area contributed by atoms with Gasteiger partial charge in [0.15, 0.2) is 0 Å². The number of aliphatic imine (C=N–C) groups is 1. The lowest BCUT2D eigenvalue weighted by atomic mass is 10.4. The van der Waals surface area contributed by atoms with E-state index in [9.17, 15) is 9.59 Å². The third-order valence-electron chi connectivity index (χ3n) is 1.21. The molecule has 1 rings (SSSR count). The molecule has 0 bridgehead atoms. The molecule has 1 saturated heterocycles. The molecule has 0 aromatic heterocycles. The van der Waals surface area contributed by atoms with Gasteiger partial charge in [0, 0.05) is 13.0 Å². The van der Waals surface area contributed by atoms with E-state index in [2.05, 4.69) is 10.3 Å². The number of nitrogens with one attached hydrogen (secondary N) is 1. The molecule has 1 N–H and O–H groups in total. The van der Waals surface area contributed by atoms with Crippen molar-refractivity contribution in [2.75, 3.05) is 6.54 Å². The molecule has 0 aromatic carbocycles. The van der Waals surface area contributed by atoms with E-state index in [0.717, 1.165) is 19.4 Å². The molecule has 4 heteroatoms. The highest BCUT2D eigenvalue weighted by atomic mass is 16.1. The van der Waals surface area contributed by atoms with E-state index in [1.807, 2.05) is 13.8 Å². The summed E-state index contributed by atoms with van der Waals surface area (Å²) in [5.74, 6) is 0.204. The Morgan fingerprint density at radius 3 is 2.33 bits per heavy atom. The maximum absolute atomic E-state index is 10.1. The van der Waals surface area contributed by atoms with Gasteiger partial charge >= 0.3 is 0 Å². The van der Waals surface area contributed by atoms with Crippen LogP contribution in [0.1, 0.15) is 26.7 Å². The normalized spacial score (nSPS) is 14.4. The van der Waals surface area contributed by atoms with Gasteiger partial charge in [0.1, 0.15) is 0 Å². The second-order valence-corrected chi connectivity index (χ2v) is 2.77. The fourth-order valence-electron chi connectivity index (χ4n) is 0.671. The second kappa shape index (κ2) is 6.55. The van der Waals surface area contributed by atoms with Gasteiger partial charge in [0.2, 0.25) is 12.0 Å². The molecular formula is C8H14N2O2. The predicted octanol–water partition coefficient (Wildman–Crippen LogP) is 0.627. The lowest BCUT2D eigenvalue weighted by Crippen LogP contribution is -2.12. The van der Waals surface area contributed by atoms with Crippen LogP contribution in [0.25, 0.3) is 0 Å². The molecule has 0 spiro atoms. The van der Waals surface area contributed by atoms with Crippen molar-refractivity contribution in [2.45, 2.75) is 32.7 Å². The standard InChI is InChI=1S/2C4H7NO/c6-4-2-1-3-5-4;1-4(2)5-3-6/h1-3H2,(H,5,6);4H,1-2H3. The van der Waals surface area contributed by atoms with Crippen LogP contribution < -0.4 is 5.32 Å².